The van der Waals surface area contributed by atoms with Gasteiger partial charge in [-0.05, 0) is 31.5 Å². The number of benzene rings is 2. The van der Waals surface area contributed by atoms with Gasteiger partial charge in [-0.3, -0.25) is 14.1 Å². The van der Waals surface area contributed by atoms with Crippen LogP contribution in [-0.2, 0) is 15.8 Å². The van der Waals surface area contributed by atoms with Gasteiger partial charge in [-0.25, -0.2) is 36.4 Å². The minimum Gasteiger partial charge on any atom is -0.465 e. The van der Waals surface area contributed by atoms with Crippen molar-refractivity contribution >= 4 is 38.9 Å². The Bertz CT molecular complexity index is 1870. The first-order valence-corrected chi connectivity index (χ1v) is 15.2. The molecule has 3 N–H and O–H groups in total. The first-order chi connectivity index (χ1) is 20.8. The molecular weight excluding hydrogens is 603 g/mol. The maximum atomic E-state index is 15.1. The molecule has 0 bridgehead atoms. The molecule has 1 saturated heterocycles. The highest BCUT2D eigenvalue weighted by Crippen LogP contribution is 2.28. The number of hydrogen-bond donors (Lipinski definition) is 3. The highest BCUT2D eigenvalue weighted by Gasteiger charge is 2.30. The van der Waals surface area contributed by atoms with Crippen LogP contribution in [0.15, 0.2) is 53.5 Å². The molecule has 0 radical (unpaired) electrons. The van der Waals surface area contributed by atoms with E-state index in [1.807, 2.05) is 4.72 Å². The molecule has 12 nitrogen and oxygen atoms in total. The van der Waals surface area contributed by atoms with Crippen LogP contribution < -0.4 is 15.6 Å². The van der Waals surface area contributed by atoms with Gasteiger partial charge < -0.3 is 15.3 Å². The summed E-state index contributed by atoms with van der Waals surface area (Å²) in [5, 5.41) is 12.2. The summed E-state index contributed by atoms with van der Waals surface area (Å²) < 4.78 is 72.8. The normalized spacial score (nSPS) is 17.2. The molecule has 2 atom stereocenters. The van der Waals surface area contributed by atoms with E-state index in [0.29, 0.717) is 5.56 Å². The number of carbonyl (C=O) groups is 1. The van der Waals surface area contributed by atoms with E-state index in [1.54, 1.807) is 44.2 Å². The fourth-order valence-corrected chi connectivity index (χ4v) is 6.22. The number of anilines is 2. The summed E-state index contributed by atoms with van der Waals surface area (Å²) in [7, 11) is -4.18. The molecule has 3 heterocycles. The van der Waals surface area contributed by atoms with E-state index in [9.17, 15) is 27.5 Å². The number of sulfonamides is 1. The summed E-state index contributed by atoms with van der Waals surface area (Å²) in [5.41, 5.74) is -1.58. The summed E-state index contributed by atoms with van der Waals surface area (Å²) in [5.74, 6) is -3.00. The van der Waals surface area contributed by atoms with Crippen LogP contribution in [0.2, 0.25) is 0 Å². The largest absolute Gasteiger partial charge is 0.465 e. The minimum atomic E-state index is -4.18. The Morgan fingerprint density at radius 2 is 1.80 bits per heavy atom. The zero-order valence-corrected chi connectivity index (χ0v) is 24.4. The van der Waals surface area contributed by atoms with Gasteiger partial charge in [-0.1, -0.05) is 30.3 Å². The van der Waals surface area contributed by atoms with Crippen LogP contribution in [0, 0.1) is 11.6 Å². The van der Waals surface area contributed by atoms with E-state index in [-0.39, 0.29) is 47.9 Å². The molecule has 232 valence electrons. The van der Waals surface area contributed by atoms with Crippen molar-refractivity contribution < 1.29 is 31.5 Å². The molecule has 1 aliphatic heterocycles. The second-order valence-corrected chi connectivity index (χ2v) is 12.4. The zero-order chi connectivity index (χ0) is 31.8. The number of carboxylic acid groups (broad SMARTS) is 1. The Balaban J connectivity index is 1.47. The van der Waals surface area contributed by atoms with Crippen molar-refractivity contribution in [1.82, 2.24) is 24.4 Å². The second-order valence-electron chi connectivity index (χ2n) is 10.7. The minimum absolute atomic E-state index is 0.000854. The van der Waals surface area contributed by atoms with Gasteiger partial charge in [0.15, 0.2) is 17.3 Å². The molecule has 16 heteroatoms. The van der Waals surface area contributed by atoms with Crippen LogP contribution in [0.4, 0.5) is 29.6 Å². The molecule has 1 amide bonds. The molecular formula is C28H28F3N7O5S. The molecule has 2 aromatic heterocycles. The molecule has 44 heavy (non-hydrogen) atoms. The van der Waals surface area contributed by atoms with E-state index in [4.69, 9.17) is 0 Å². The third kappa shape index (κ3) is 6.59. The van der Waals surface area contributed by atoms with E-state index >= 15 is 8.78 Å². The van der Waals surface area contributed by atoms with Gasteiger partial charge in [-0.2, -0.15) is 4.98 Å². The maximum absolute atomic E-state index is 15.1. The van der Waals surface area contributed by atoms with E-state index < -0.39 is 63.0 Å². The molecule has 1 aliphatic rings. The Morgan fingerprint density at radius 1 is 1.11 bits per heavy atom. The molecule has 5 rings (SSSR count). The summed E-state index contributed by atoms with van der Waals surface area (Å²) in [6.07, 6.45) is -1.35. The predicted octanol–water partition coefficient (Wildman–Crippen LogP) is 4.16. The molecule has 2 aromatic carbocycles. The lowest BCUT2D eigenvalue weighted by atomic mass is 10.0. The van der Waals surface area contributed by atoms with Crippen LogP contribution in [-0.4, -0.2) is 69.3 Å². The highest BCUT2D eigenvalue weighted by molar-refractivity contribution is 7.91. The fourth-order valence-electron chi connectivity index (χ4n) is 5.01. The van der Waals surface area contributed by atoms with Crippen molar-refractivity contribution in [1.29, 1.82) is 0 Å². The van der Waals surface area contributed by atoms with Gasteiger partial charge in [0.2, 0.25) is 16.0 Å². The van der Waals surface area contributed by atoms with Crippen LogP contribution >= 0.6 is 0 Å². The van der Waals surface area contributed by atoms with Gasteiger partial charge in [0.25, 0.3) is 5.56 Å². The van der Waals surface area contributed by atoms with Crippen molar-refractivity contribution in [3.05, 3.63) is 76.2 Å². The van der Waals surface area contributed by atoms with E-state index in [1.165, 1.54) is 10.8 Å². The van der Waals surface area contributed by atoms with Crippen LogP contribution in [0.3, 0.4) is 0 Å². The number of rotatable bonds is 8. The van der Waals surface area contributed by atoms with E-state index in [2.05, 4.69) is 20.3 Å². The highest BCUT2D eigenvalue weighted by atomic mass is 32.2. The number of nitrogens with one attached hydrogen (secondary N) is 2. The number of alkyl halides is 1. The van der Waals surface area contributed by atoms with Gasteiger partial charge >= 0.3 is 6.09 Å². The van der Waals surface area contributed by atoms with Gasteiger partial charge in [-0.15, -0.1) is 0 Å². The van der Waals surface area contributed by atoms with Crippen molar-refractivity contribution in [3.8, 4) is 11.3 Å². The van der Waals surface area contributed by atoms with Crippen molar-refractivity contribution in [3.63, 3.8) is 0 Å². The molecule has 1 fully saturated rings. The molecule has 4 aromatic rings. The summed E-state index contributed by atoms with van der Waals surface area (Å²) in [6, 6.07) is 8.58. The smallest absolute Gasteiger partial charge is 0.407 e. The van der Waals surface area contributed by atoms with Gasteiger partial charge in [0, 0.05) is 30.6 Å². The lowest BCUT2D eigenvalue weighted by Crippen LogP contribution is -2.49. The second kappa shape index (κ2) is 12.1. The molecule has 0 aliphatic carbocycles. The van der Waals surface area contributed by atoms with Gasteiger partial charge in [0.05, 0.1) is 18.5 Å². The van der Waals surface area contributed by atoms with Crippen LogP contribution in [0.1, 0.15) is 31.9 Å². The monoisotopic (exact) mass is 631 g/mol. The van der Waals surface area contributed by atoms with Gasteiger partial charge in [0.1, 0.15) is 23.1 Å². The molecule has 0 unspecified atom stereocenters. The SMILES string of the molecule is CC(C)n1c(=O)c(-c2cc(F)c(NS(=O)(=O)Cc3ccccc3)c(F)c2)nc2cnc(N[C@H]3C[C@H](F)CN(C(=O)O)C3)nc21. The Kier molecular flexibility index (Phi) is 8.45. The number of halogens is 3. The summed E-state index contributed by atoms with van der Waals surface area (Å²) >= 11 is 0. The summed E-state index contributed by atoms with van der Waals surface area (Å²) in [4.78, 5) is 38.7. The Labute approximate surface area is 249 Å². The molecule has 0 saturated carbocycles. The standard InChI is InChI=1S/C28H28F3N7O5S/c1-15(2)38-25-22(11-32-27(35-25)33-19-10-18(29)12-37(13-19)28(40)41)34-23(26(38)39)17-8-20(30)24(21(31)9-17)36-44(42,43)14-16-6-4-3-5-7-16/h3-9,11,15,18-19,36H,10,12-14H2,1-2H3,(H,40,41)(H,32,33,35)/t18-,19-/m0/s1. The molecule has 0 spiro atoms. The topological polar surface area (TPSA) is 159 Å². The maximum Gasteiger partial charge on any atom is 0.407 e. The first-order valence-electron chi connectivity index (χ1n) is 13.5. The predicted molar refractivity (Wildman–Crippen MR) is 157 cm³/mol. The number of amides is 1. The van der Waals surface area contributed by atoms with Crippen LogP contribution in [0.25, 0.3) is 22.4 Å². The number of aromatic nitrogens is 4. The average Bonchev–Trinajstić information content (AvgIpc) is 2.94. The third-order valence-electron chi connectivity index (χ3n) is 6.92. The number of hydrogen-bond acceptors (Lipinski definition) is 8. The average molecular weight is 632 g/mol. The Morgan fingerprint density at radius 3 is 2.43 bits per heavy atom. The number of nitrogens with zero attached hydrogens (tertiary/aromatic N) is 5. The van der Waals surface area contributed by atoms with Crippen molar-refractivity contribution in [2.45, 2.75) is 44.3 Å². The van der Waals surface area contributed by atoms with E-state index in [0.717, 1.165) is 17.0 Å². The lowest BCUT2D eigenvalue weighted by Gasteiger charge is -2.33. The zero-order valence-electron chi connectivity index (χ0n) is 23.5. The lowest BCUT2D eigenvalue weighted by molar-refractivity contribution is 0.102. The third-order valence-corrected chi connectivity index (χ3v) is 8.15. The van der Waals surface area contributed by atoms with Crippen LogP contribution in [0.5, 0.6) is 0 Å². The Hall–Kier alpha value is -4.73. The van der Waals surface area contributed by atoms with Crippen molar-refractivity contribution in [2.75, 3.05) is 23.1 Å². The first kappa shape index (κ1) is 30.7. The summed E-state index contributed by atoms with van der Waals surface area (Å²) in [6.45, 7) is 3.13. The number of likely N-dealkylation sites (tertiary alicyclic amines) is 1. The van der Waals surface area contributed by atoms with Crippen molar-refractivity contribution in [2.24, 2.45) is 0 Å². The fraction of sp³-hybridized carbons (Fsp3) is 0.321. The number of piperidine rings is 1. The number of fused-ring (bicyclic) bond motifs is 1. The quantitative estimate of drug-likeness (QED) is 0.260.